The van der Waals surface area contributed by atoms with Crippen molar-refractivity contribution < 1.29 is 4.74 Å². The maximum Gasteiger partial charge on any atom is 0.119 e. The van der Waals surface area contributed by atoms with Gasteiger partial charge in [-0.1, -0.05) is 56.3 Å². The molecular formula is C22H30ClNO. The van der Waals surface area contributed by atoms with Crippen molar-refractivity contribution in [1.29, 1.82) is 0 Å². The molecule has 0 aromatic heterocycles. The third-order valence-corrected chi connectivity index (χ3v) is 4.61. The highest BCUT2D eigenvalue weighted by Gasteiger charge is 2.05. The molecule has 0 aliphatic heterocycles. The molecule has 0 N–H and O–H groups in total. The summed E-state index contributed by atoms with van der Waals surface area (Å²) in [6.45, 7) is 12.6. The maximum atomic E-state index is 5.95. The molecule has 0 fully saturated rings. The van der Waals surface area contributed by atoms with Crippen molar-refractivity contribution >= 4 is 23.6 Å². The molecule has 136 valence electrons. The standard InChI is InChI=1S/C22H29NO.ClH/c1-5-23(6-2)15-16-24-22-14-10-13-21(17-22)19(4)18(3)20-11-8-7-9-12-20;/h7-14,17H,5-6,15-16H2,1-4H3;1H/b19-18+;. The van der Waals surface area contributed by atoms with E-state index >= 15 is 0 Å². The Labute approximate surface area is 158 Å². The molecule has 0 saturated heterocycles. The first-order valence-electron chi connectivity index (χ1n) is 8.84. The first kappa shape index (κ1) is 21.3. The van der Waals surface area contributed by atoms with Crippen LogP contribution in [0.4, 0.5) is 0 Å². The molecule has 0 unspecified atom stereocenters. The van der Waals surface area contributed by atoms with Crippen LogP contribution in [0.5, 0.6) is 5.75 Å². The molecule has 0 bridgehead atoms. The first-order valence-corrected chi connectivity index (χ1v) is 8.84. The first-order chi connectivity index (χ1) is 11.7. The summed E-state index contributed by atoms with van der Waals surface area (Å²) >= 11 is 0. The van der Waals surface area contributed by atoms with Crippen LogP contribution >= 0.6 is 12.4 Å². The molecule has 3 heteroatoms. The summed E-state index contributed by atoms with van der Waals surface area (Å²) in [4.78, 5) is 2.37. The Morgan fingerprint density at radius 3 is 2.08 bits per heavy atom. The zero-order chi connectivity index (χ0) is 17.4. The summed E-state index contributed by atoms with van der Waals surface area (Å²) < 4.78 is 5.95. The second kappa shape index (κ2) is 11.0. The summed E-state index contributed by atoms with van der Waals surface area (Å²) in [5, 5.41) is 0. The summed E-state index contributed by atoms with van der Waals surface area (Å²) in [5.41, 5.74) is 5.07. The van der Waals surface area contributed by atoms with Gasteiger partial charge in [-0.25, -0.2) is 0 Å². The van der Waals surface area contributed by atoms with E-state index in [1.807, 2.05) is 6.07 Å². The Morgan fingerprint density at radius 1 is 0.840 bits per heavy atom. The third-order valence-electron chi connectivity index (χ3n) is 4.61. The van der Waals surface area contributed by atoms with E-state index in [0.717, 1.165) is 32.0 Å². The van der Waals surface area contributed by atoms with Crippen LogP contribution in [-0.2, 0) is 0 Å². The zero-order valence-corrected chi connectivity index (χ0v) is 16.6. The van der Waals surface area contributed by atoms with Gasteiger partial charge in [-0.05, 0) is 61.3 Å². The van der Waals surface area contributed by atoms with Gasteiger partial charge in [-0.15, -0.1) is 12.4 Å². The second-order valence-corrected chi connectivity index (χ2v) is 6.02. The fourth-order valence-corrected chi connectivity index (χ4v) is 2.77. The Balaban J connectivity index is 0.00000312. The molecule has 2 rings (SSSR count). The molecule has 0 amide bonds. The van der Waals surface area contributed by atoms with Crippen molar-refractivity contribution in [3.63, 3.8) is 0 Å². The van der Waals surface area contributed by atoms with E-state index in [0.29, 0.717) is 0 Å². The van der Waals surface area contributed by atoms with Gasteiger partial charge in [-0.3, -0.25) is 0 Å². The molecular weight excluding hydrogens is 330 g/mol. The van der Waals surface area contributed by atoms with Crippen LogP contribution < -0.4 is 4.74 Å². The van der Waals surface area contributed by atoms with Crippen molar-refractivity contribution in [3.05, 3.63) is 65.7 Å². The molecule has 0 aliphatic rings. The lowest BCUT2D eigenvalue weighted by Gasteiger charge is -2.18. The predicted octanol–water partition coefficient (Wildman–Crippen LogP) is 5.78. The molecule has 2 aromatic rings. The van der Waals surface area contributed by atoms with E-state index in [4.69, 9.17) is 4.74 Å². The van der Waals surface area contributed by atoms with Crippen molar-refractivity contribution in [3.8, 4) is 5.75 Å². The van der Waals surface area contributed by atoms with Gasteiger partial charge in [0.15, 0.2) is 0 Å². The maximum absolute atomic E-state index is 5.95. The van der Waals surface area contributed by atoms with Crippen molar-refractivity contribution in [2.75, 3.05) is 26.2 Å². The van der Waals surface area contributed by atoms with Gasteiger partial charge in [-0.2, -0.15) is 0 Å². The van der Waals surface area contributed by atoms with Gasteiger partial charge in [0.1, 0.15) is 12.4 Å². The average molecular weight is 360 g/mol. The van der Waals surface area contributed by atoms with E-state index in [9.17, 15) is 0 Å². The molecule has 2 aromatic carbocycles. The molecule has 0 aliphatic carbocycles. The van der Waals surface area contributed by atoms with Crippen LogP contribution in [0.3, 0.4) is 0 Å². The zero-order valence-electron chi connectivity index (χ0n) is 15.8. The lowest BCUT2D eigenvalue weighted by molar-refractivity contribution is 0.223. The number of hydrogen-bond acceptors (Lipinski definition) is 2. The number of hydrogen-bond donors (Lipinski definition) is 0. The van der Waals surface area contributed by atoms with Crippen LogP contribution in [0.15, 0.2) is 54.6 Å². The molecule has 0 spiro atoms. The lowest BCUT2D eigenvalue weighted by atomic mass is 9.97. The Hall–Kier alpha value is -1.77. The Morgan fingerprint density at radius 2 is 1.44 bits per heavy atom. The van der Waals surface area contributed by atoms with E-state index < -0.39 is 0 Å². The molecule has 2 nitrogen and oxygen atoms in total. The fraction of sp³-hybridized carbons (Fsp3) is 0.364. The number of allylic oxidation sites excluding steroid dienone is 2. The number of nitrogens with zero attached hydrogens (tertiary/aromatic N) is 1. The number of halogens is 1. The van der Waals surface area contributed by atoms with Crippen LogP contribution in [0, 0.1) is 0 Å². The van der Waals surface area contributed by atoms with Gasteiger partial charge < -0.3 is 9.64 Å². The van der Waals surface area contributed by atoms with Crippen LogP contribution in [-0.4, -0.2) is 31.1 Å². The minimum atomic E-state index is 0. The lowest BCUT2D eigenvalue weighted by Crippen LogP contribution is -2.27. The van der Waals surface area contributed by atoms with E-state index in [2.05, 4.69) is 81.1 Å². The highest BCUT2D eigenvalue weighted by molar-refractivity contribution is 5.89. The number of ether oxygens (including phenoxy) is 1. The molecule has 0 radical (unpaired) electrons. The minimum absolute atomic E-state index is 0. The van der Waals surface area contributed by atoms with E-state index in [1.165, 1.54) is 22.3 Å². The summed E-state index contributed by atoms with van der Waals surface area (Å²) in [6.07, 6.45) is 0. The number of rotatable bonds is 8. The largest absolute Gasteiger partial charge is 0.492 e. The van der Waals surface area contributed by atoms with Crippen molar-refractivity contribution in [1.82, 2.24) is 4.90 Å². The molecule has 0 heterocycles. The minimum Gasteiger partial charge on any atom is -0.492 e. The average Bonchev–Trinajstić information content (AvgIpc) is 2.65. The topological polar surface area (TPSA) is 12.5 Å². The van der Waals surface area contributed by atoms with Crippen LogP contribution in [0.25, 0.3) is 11.1 Å². The quantitative estimate of drug-likeness (QED) is 0.554. The summed E-state index contributed by atoms with van der Waals surface area (Å²) in [6, 6.07) is 18.9. The predicted molar refractivity (Wildman–Crippen MR) is 112 cm³/mol. The fourth-order valence-electron chi connectivity index (χ4n) is 2.77. The normalized spacial score (nSPS) is 11.7. The third kappa shape index (κ3) is 6.22. The highest BCUT2D eigenvalue weighted by atomic mass is 35.5. The molecule has 0 atom stereocenters. The highest BCUT2D eigenvalue weighted by Crippen LogP contribution is 2.27. The number of benzene rings is 2. The summed E-state index contributed by atoms with van der Waals surface area (Å²) in [5.74, 6) is 0.944. The smallest absolute Gasteiger partial charge is 0.119 e. The molecule has 25 heavy (non-hydrogen) atoms. The van der Waals surface area contributed by atoms with Crippen molar-refractivity contribution in [2.24, 2.45) is 0 Å². The van der Waals surface area contributed by atoms with Gasteiger partial charge in [0.25, 0.3) is 0 Å². The second-order valence-electron chi connectivity index (χ2n) is 6.02. The van der Waals surface area contributed by atoms with Crippen molar-refractivity contribution in [2.45, 2.75) is 27.7 Å². The number of likely N-dealkylation sites (N-methyl/N-ethyl adjacent to an activating group) is 1. The molecule has 0 saturated carbocycles. The van der Waals surface area contributed by atoms with E-state index in [1.54, 1.807) is 0 Å². The van der Waals surface area contributed by atoms with Gasteiger partial charge in [0.2, 0.25) is 0 Å². The Kier molecular flexibility index (Phi) is 9.33. The van der Waals surface area contributed by atoms with Gasteiger partial charge >= 0.3 is 0 Å². The summed E-state index contributed by atoms with van der Waals surface area (Å²) in [7, 11) is 0. The van der Waals surface area contributed by atoms with Crippen LogP contribution in [0.1, 0.15) is 38.8 Å². The van der Waals surface area contributed by atoms with Gasteiger partial charge in [0.05, 0.1) is 0 Å². The Bertz CT molecular complexity index is 663. The SMILES string of the molecule is CCN(CC)CCOc1cccc(/C(C)=C(\C)c2ccccc2)c1.Cl. The van der Waals surface area contributed by atoms with Crippen LogP contribution in [0.2, 0.25) is 0 Å². The monoisotopic (exact) mass is 359 g/mol. The van der Waals surface area contributed by atoms with E-state index in [-0.39, 0.29) is 12.4 Å². The van der Waals surface area contributed by atoms with Gasteiger partial charge in [0, 0.05) is 6.54 Å².